The second kappa shape index (κ2) is 6.72. The Morgan fingerprint density at radius 1 is 0.905 bits per heavy atom. The lowest BCUT2D eigenvalue weighted by molar-refractivity contribution is -0.152. The van der Waals surface area contributed by atoms with Crippen LogP contribution in [0.4, 0.5) is 0 Å². The highest BCUT2D eigenvalue weighted by Gasteiger charge is 2.33. The number of morpholine rings is 1. The van der Waals surface area contributed by atoms with E-state index in [4.69, 9.17) is 9.47 Å². The van der Waals surface area contributed by atoms with Crippen molar-refractivity contribution in [3.8, 4) is 0 Å². The fourth-order valence-electron chi connectivity index (χ4n) is 3.05. The Morgan fingerprint density at radius 2 is 1.52 bits per heavy atom. The fraction of sp³-hybridized carbons (Fsp3) is 0.857. The summed E-state index contributed by atoms with van der Waals surface area (Å²) in [6.07, 6.45) is 1.14. The van der Waals surface area contributed by atoms with E-state index in [-0.39, 0.29) is 24.0 Å². The van der Waals surface area contributed by atoms with Crippen LogP contribution in [0.3, 0.4) is 0 Å². The summed E-state index contributed by atoms with van der Waals surface area (Å²) in [7, 11) is 0. The maximum Gasteiger partial charge on any atom is 0.253 e. The van der Waals surface area contributed by atoms with Gasteiger partial charge < -0.3 is 24.6 Å². The molecule has 2 unspecified atom stereocenters. The average molecular weight is 297 g/mol. The number of nitrogens with one attached hydrogen (secondary N) is 1. The molecule has 3 aliphatic rings. The van der Waals surface area contributed by atoms with Crippen LogP contribution in [0, 0.1) is 0 Å². The summed E-state index contributed by atoms with van der Waals surface area (Å²) < 4.78 is 10.9. The minimum absolute atomic E-state index is 0.0337. The summed E-state index contributed by atoms with van der Waals surface area (Å²) in [5.74, 6) is 0.113. The van der Waals surface area contributed by atoms with Crippen LogP contribution in [0.2, 0.25) is 0 Å². The maximum absolute atomic E-state index is 12.3. The predicted molar refractivity (Wildman–Crippen MR) is 74.7 cm³/mol. The molecule has 0 aromatic rings. The minimum Gasteiger partial charge on any atom is -0.368 e. The summed E-state index contributed by atoms with van der Waals surface area (Å²) in [6, 6.07) is 0. The second-order valence-electron chi connectivity index (χ2n) is 5.72. The summed E-state index contributed by atoms with van der Waals surface area (Å²) in [5, 5.41) is 3.17. The highest BCUT2D eigenvalue weighted by atomic mass is 16.5. The second-order valence-corrected chi connectivity index (χ2v) is 5.72. The number of carbonyl (C=O) groups is 2. The van der Waals surface area contributed by atoms with Crippen LogP contribution in [0.5, 0.6) is 0 Å². The summed E-state index contributed by atoms with van der Waals surface area (Å²) in [6.45, 7) is 4.97. The van der Waals surface area contributed by atoms with Crippen molar-refractivity contribution >= 4 is 11.8 Å². The van der Waals surface area contributed by atoms with Gasteiger partial charge in [-0.15, -0.1) is 0 Å². The monoisotopic (exact) mass is 297 g/mol. The Bertz CT molecular complexity index is 384. The van der Waals surface area contributed by atoms with Crippen molar-refractivity contribution in [3.05, 3.63) is 0 Å². The van der Waals surface area contributed by atoms with Gasteiger partial charge in [-0.1, -0.05) is 0 Å². The maximum atomic E-state index is 12.3. The summed E-state index contributed by atoms with van der Waals surface area (Å²) in [4.78, 5) is 28.2. The number of carbonyl (C=O) groups excluding carboxylic acids is 2. The van der Waals surface area contributed by atoms with Crippen molar-refractivity contribution in [2.45, 2.75) is 25.0 Å². The first-order valence-electron chi connectivity index (χ1n) is 7.77. The number of hydrogen-bond acceptors (Lipinski definition) is 5. The van der Waals surface area contributed by atoms with Gasteiger partial charge in [-0.3, -0.25) is 9.59 Å². The lowest BCUT2D eigenvalue weighted by Crippen LogP contribution is -2.57. The van der Waals surface area contributed by atoms with Crippen LogP contribution in [0.25, 0.3) is 0 Å². The average Bonchev–Trinajstić information content (AvgIpc) is 3.09. The fourth-order valence-corrected chi connectivity index (χ4v) is 3.05. The number of hydrogen-bond donors (Lipinski definition) is 1. The first-order chi connectivity index (χ1) is 10.3. The molecule has 3 heterocycles. The third kappa shape index (κ3) is 3.36. The molecule has 3 aliphatic heterocycles. The lowest BCUT2D eigenvalue weighted by atomic mass is 10.2. The minimum atomic E-state index is -0.376. The van der Waals surface area contributed by atoms with Gasteiger partial charge in [0.25, 0.3) is 11.8 Å². The van der Waals surface area contributed by atoms with Gasteiger partial charge in [-0.05, 0) is 12.8 Å². The SMILES string of the molecule is O=C(C1CCCO1)N1CCN(C(=O)C2CNCCO2)CC1. The Labute approximate surface area is 124 Å². The zero-order valence-corrected chi connectivity index (χ0v) is 12.3. The number of ether oxygens (including phenoxy) is 2. The van der Waals surface area contributed by atoms with E-state index in [2.05, 4.69) is 5.32 Å². The molecule has 0 aromatic heterocycles. The van der Waals surface area contributed by atoms with Crippen LogP contribution < -0.4 is 5.32 Å². The van der Waals surface area contributed by atoms with Crippen LogP contribution >= 0.6 is 0 Å². The summed E-state index contributed by atoms with van der Waals surface area (Å²) >= 11 is 0. The van der Waals surface area contributed by atoms with Gasteiger partial charge in [0.2, 0.25) is 0 Å². The third-order valence-corrected chi connectivity index (χ3v) is 4.31. The standard InChI is InChI=1S/C14H23N3O4/c18-13(11-2-1-8-20-11)16-4-6-17(7-5-16)14(19)12-10-15-3-9-21-12/h11-12,15H,1-10H2. The van der Waals surface area contributed by atoms with Gasteiger partial charge in [0.15, 0.2) is 0 Å². The molecule has 0 radical (unpaired) electrons. The Hall–Kier alpha value is -1.18. The molecule has 2 amide bonds. The van der Waals surface area contributed by atoms with Crippen LogP contribution in [-0.2, 0) is 19.1 Å². The van der Waals surface area contributed by atoms with Gasteiger partial charge in [0.05, 0.1) is 6.61 Å². The third-order valence-electron chi connectivity index (χ3n) is 4.31. The van der Waals surface area contributed by atoms with Crippen LogP contribution in [0.1, 0.15) is 12.8 Å². The molecule has 2 atom stereocenters. The predicted octanol–water partition coefficient (Wildman–Crippen LogP) is -1.18. The van der Waals surface area contributed by atoms with E-state index in [9.17, 15) is 9.59 Å². The zero-order chi connectivity index (χ0) is 14.7. The van der Waals surface area contributed by atoms with E-state index in [0.29, 0.717) is 45.9 Å². The van der Waals surface area contributed by atoms with Crippen LogP contribution in [-0.4, -0.2) is 86.3 Å². The van der Waals surface area contributed by atoms with Gasteiger partial charge in [0, 0.05) is 45.9 Å². The van der Waals surface area contributed by atoms with E-state index in [1.54, 1.807) is 4.90 Å². The molecule has 3 rings (SSSR count). The van der Waals surface area contributed by atoms with Crippen molar-refractivity contribution in [1.82, 2.24) is 15.1 Å². The molecular weight excluding hydrogens is 274 g/mol. The normalized spacial score (nSPS) is 30.5. The number of rotatable bonds is 2. The zero-order valence-electron chi connectivity index (χ0n) is 12.3. The van der Waals surface area contributed by atoms with E-state index < -0.39 is 0 Å². The Morgan fingerprint density at radius 3 is 2.05 bits per heavy atom. The van der Waals surface area contributed by atoms with Gasteiger partial charge in [0.1, 0.15) is 12.2 Å². The smallest absolute Gasteiger partial charge is 0.253 e. The van der Waals surface area contributed by atoms with E-state index in [1.807, 2.05) is 4.90 Å². The number of piperazine rings is 1. The molecule has 1 N–H and O–H groups in total. The van der Waals surface area contributed by atoms with Crippen molar-refractivity contribution in [1.29, 1.82) is 0 Å². The molecule has 0 bridgehead atoms. The molecule has 0 spiro atoms. The number of nitrogens with zero attached hydrogens (tertiary/aromatic N) is 2. The molecule has 7 heteroatoms. The molecule has 0 aromatic carbocycles. The molecule has 3 saturated heterocycles. The van der Waals surface area contributed by atoms with Crippen molar-refractivity contribution < 1.29 is 19.1 Å². The van der Waals surface area contributed by atoms with Crippen LogP contribution in [0.15, 0.2) is 0 Å². The van der Waals surface area contributed by atoms with Gasteiger partial charge in [-0.25, -0.2) is 0 Å². The summed E-state index contributed by atoms with van der Waals surface area (Å²) in [5.41, 5.74) is 0. The van der Waals surface area contributed by atoms with Crippen molar-refractivity contribution in [3.63, 3.8) is 0 Å². The molecule has 21 heavy (non-hydrogen) atoms. The van der Waals surface area contributed by atoms with Gasteiger partial charge >= 0.3 is 0 Å². The van der Waals surface area contributed by atoms with Crippen molar-refractivity contribution in [2.75, 3.05) is 52.5 Å². The Kier molecular flexibility index (Phi) is 4.72. The van der Waals surface area contributed by atoms with E-state index >= 15 is 0 Å². The molecular formula is C14H23N3O4. The molecule has 0 saturated carbocycles. The van der Waals surface area contributed by atoms with Gasteiger partial charge in [-0.2, -0.15) is 0 Å². The lowest BCUT2D eigenvalue weighted by Gasteiger charge is -2.37. The van der Waals surface area contributed by atoms with E-state index in [1.165, 1.54) is 0 Å². The quantitative estimate of drug-likeness (QED) is 0.695. The van der Waals surface area contributed by atoms with E-state index in [0.717, 1.165) is 19.4 Å². The molecule has 118 valence electrons. The Balaban J connectivity index is 1.48. The van der Waals surface area contributed by atoms with Crippen molar-refractivity contribution in [2.24, 2.45) is 0 Å². The molecule has 0 aliphatic carbocycles. The number of amides is 2. The topological polar surface area (TPSA) is 71.1 Å². The largest absolute Gasteiger partial charge is 0.368 e. The first-order valence-corrected chi connectivity index (χ1v) is 7.77. The highest BCUT2D eigenvalue weighted by molar-refractivity contribution is 5.83. The molecule has 7 nitrogen and oxygen atoms in total. The molecule has 3 fully saturated rings. The highest BCUT2D eigenvalue weighted by Crippen LogP contribution is 2.16. The first kappa shape index (κ1) is 14.7.